The zero-order valence-electron chi connectivity index (χ0n) is 20.3. The standard InChI is InChI=1S/C27H30N6O2/c1-17-5-4-6-24(32-17)26-25(29-16-30-26)20-7-8-23-21(11-20)12-22(13-28-23)27(34)35-10-9-33-14-18(2)31-19(3)15-33/h4-8,11-13,16,18-19,31H,9-10,14-15H2,1-3H3,(H,29,30)/t18-,19+. The van der Waals surface area contributed by atoms with E-state index in [-0.39, 0.29) is 5.97 Å². The number of aromatic amines is 1. The molecule has 180 valence electrons. The van der Waals surface area contributed by atoms with Crippen LogP contribution in [0.15, 0.2) is 55.0 Å². The number of piperazine rings is 1. The Hall–Kier alpha value is -3.62. The number of ether oxygens (including phenoxy) is 1. The quantitative estimate of drug-likeness (QED) is 0.414. The number of imidazole rings is 1. The predicted molar refractivity (Wildman–Crippen MR) is 136 cm³/mol. The van der Waals surface area contributed by atoms with Gasteiger partial charge in [0.15, 0.2) is 0 Å². The van der Waals surface area contributed by atoms with Crippen molar-refractivity contribution in [2.24, 2.45) is 0 Å². The summed E-state index contributed by atoms with van der Waals surface area (Å²) in [7, 11) is 0. The summed E-state index contributed by atoms with van der Waals surface area (Å²) in [5.74, 6) is -0.356. The van der Waals surface area contributed by atoms with Crippen LogP contribution < -0.4 is 5.32 Å². The van der Waals surface area contributed by atoms with Crippen molar-refractivity contribution in [3.63, 3.8) is 0 Å². The molecule has 1 saturated heterocycles. The third-order valence-corrected chi connectivity index (χ3v) is 6.25. The summed E-state index contributed by atoms with van der Waals surface area (Å²) in [5, 5.41) is 4.37. The SMILES string of the molecule is Cc1cccc(-c2[nH]cnc2-c2ccc3ncc(C(=O)OCCN4C[C@@H](C)N[C@@H](C)C4)cc3c2)n1. The second-order valence-electron chi connectivity index (χ2n) is 9.29. The molecular weight excluding hydrogens is 440 g/mol. The molecule has 4 aromatic rings. The smallest absolute Gasteiger partial charge is 0.339 e. The fourth-order valence-corrected chi connectivity index (χ4v) is 4.75. The average molecular weight is 471 g/mol. The van der Waals surface area contributed by atoms with Gasteiger partial charge in [0, 0.05) is 54.6 Å². The van der Waals surface area contributed by atoms with E-state index >= 15 is 0 Å². The van der Waals surface area contributed by atoms with Crippen LogP contribution in [0.1, 0.15) is 29.9 Å². The van der Waals surface area contributed by atoms with Crippen LogP contribution >= 0.6 is 0 Å². The average Bonchev–Trinajstić information content (AvgIpc) is 3.33. The number of nitrogens with zero attached hydrogens (tertiary/aromatic N) is 4. The Balaban J connectivity index is 1.32. The molecule has 1 aliphatic heterocycles. The molecule has 1 fully saturated rings. The fourth-order valence-electron chi connectivity index (χ4n) is 4.75. The van der Waals surface area contributed by atoms with Crippen LogP contribution in [-0.4, -0.2) is 69.1 Å². The minimum absolute atomic E-state index is 0.356. The zero-order valence-corrected chi connectivity index (χ0v) is 20.3. The van der Waals surface area contributed by atoms with Gasteiger partial charge >= 0.3 is 5.97 Å². The van der Waals surface area contributed by atoms with E-state index in [1.54, 1.807) is 12.5 Å². The molecule has 8 nitrogen and oxygen atoms in total. The molecule has 0 radical (unpaired) electrons. The van der Waals surface area contributed by atoms with Crippen LogP contribution in [-0.2, 0) is 4.74 Å². The first-order valence-corrected chi connectivity index (χ1v) is 12.0. The number of nitrogens with one attached hydrogen (secondary N) is 2. The lowest BCUT2D eigenvalue weighted by molar-refractivity contribution is 0.0436. The minimum Gasteiger partial charge on any atom is -0.461 e. The van der Waals surface area contributed by atoms with E-state index in [9.17, 15) is 4.79 Å². The Bertz CT molecular complexity index is 1340. The number of pyridine rings is 2. The van der Waals surface area contributed by atoms with Crippen LogP contribution in [0.5, 0.6) is 0 Å². The number of aryl methyl sites for hydroxylation is 1. The molecule has 1 aliphatic rings. The van der Waals surface area contributed by atoms with E-state index in [4.69, 9.17) is 4.74 Å². The highest BCUT2D eigenvalue weighted by atomic mass is 16.5. The van der Waals surface area contributed by atoms with Gasteiger partial charge in [0.05, 0.1) is 34.5 Å². The molecule has 8 heteroatoms. The predicted octanol–water partition coefficient (Wildman–Crippen LogP) is 3.83. The molecular formula is C27H30N6O2. The van der Waals surface area contributed by atoms with Crippen molar-refractivity contribution in [2.75, 3.05) is 26.2 Å². The molecule has 1 aromatic carbocycles. The van der Waals surface area contributed by atoms with E-state index in [0.29, 0.717) is 24.3 Å². The number of hydrogen-bond donors (Lipinski definition) is 2. The van der Waals surface area contributed by atoms with Gasteiger partial charge in [-0.2, -0.15) is 0 Å². The number of hydrogen-bond acceptors (Lipinski definition) is 7. The van der Waals surface area contributed by atoms with Crippen molar-refractivity contribution in [1.29, 1.82) is 0 Å². The number of aromatic nitrogens is 4. The van der Waals surface area contributed by atoms with Crippen LogP contribution in [0, 0.1) is 6.92 Å². The van der Waals surface area contributed by atoms with Gasteiger partial charge in [-0.3, -0.25) is 14.9 Å². The number of H-pyrrole nitrogens is 1. The maximum absolute atomic E-state index is 12.7. The Kier molecular flexibility index (Phi) is 6.57. The first kappa shape index (κ1) is 23.1. The first-order valence-electron chi connectivity index (χ1n) is 12.0. The summed E-state index contributed by atoms with van der Waals surface area (Å²) < 4.78 is 5.57. The normalized spacial score (nSPS) is 18.6. The Morgan fingerprint density at radius 1 is 1.11 bits per heavy atom. The van der Waals surface area contributed by atoms with E-state index in [2.05, 4.69) is 44.0 Å². The van der Waals surface area contributed by atoms with E-state index < -0.39 is 0 Å². The van der Waals surface area contributed by atoms with E-state index in [0.717, 1.165) is 58.9 Å². The monoisotopic (exact) mass is 470 g/mol. The van der Waals surface area contributed by atoms with E-state index in [1.165, 1.54) is 0 Å². The lowest BCUT2D eigenvalue weighted by Crippen LogP contribution is -2.54. The fraction of sp³-hybridized carbons (Fsp3) is 0.333. The Morgan fingerprint density at radius 3 is 2.74 bits per heavy atom. The minimum atomic E-state index is -0.356. The van der Waals surface area contributed by atoms with Crippen molar-refractivity contribution >= 4 is 16.9 Å². The lowest BCUT2D eigenvalue weighted by Gasteiger charge is -2.35. The summed E-state index contributed by atoms with van der Waals surface area (Å²) in [6.07, 6.45) is 3.25. The number of carbonyl (C=O) groups is 1. The Labute approximate surface area is 204 Å². The highest BCUT2D eigenvalue weighted by molar-refractivity contribution is 5.95. The van der Waals surface area contributed by atoms with Gasteiger partial charge in [0.1, 0.15) is 6.61 Å². The van der Waals surface area contributed by atoms with Gasteiger partial charge in [-0.1, -0.05) is 12.1 Å². The number of carbonyl (C=O) groups excluding carboxylic acids is 1. The molecule has 0 aliphatic carbocycles. The maximum atomic E-state index is 12.7. The number of fused-ring (bicyclic) bond motifs is 1. The van der Waals surface area contributed by atoms with Crippen LogP contribution in [0.4, 0.5) is 0 Å². The Morgan fingerprint density at radius 2 is 1.94 bits per heavy atom. The van der Waals surface area contributed by atoms with Gasteiger partial charge in [0.25, 0.3) is 0 Å². The first-order chi connectivity index (χ1) is 17.0. The highest BCUT2D eigenvalue weighted by Crippen LogP contribution is 2.30. The van der Waals surface area contributed by atoms with Gasteiger partial charge in [-0.15, -0.1) is 0 Å². The van der Waals surface area contributed by atoms with Gasteiger partial charge in [-0.25, -0.2) is 9.78 Å². The number of rotatable bonds is 6. The molecule has 4 heterocycles. The third kappa shape index (κ3) is 5.23. The molecule has 2 N–H and O–H groups in total. The number of esters is 1. The molecule has 0 saturated carbocycles. The molecule has 0 spiro atoms. The largest absolute Gasteiger partial charge is 0.461 e. The zero-order chi connectivity index (χ0) is 24.4. The van der Waals surface area contributed by atoms with Crippen LogP contribution in [0.25, 0.3) is 33.5 Å². The third-order valence-electron chi connectivity index (χ3n) is 6.25. The topological polar surface area (TPSA) is 96.0 Å². The van der Waals surface area contributed by atoms with Gasteiger partial charge in [-0.05, 0) is 51.1 Å². The van der Waals surface area contributed by atoms with Crippen LogP contribution in [0.3, 0.4) is 0 Å². The summed E-state index contributed by atoms with van der Waals surface area (Å²) in [6.45, 7) is 9.30. The second kappa shape index (κ2) is 9.93. The maximum Gasteiger partial charge on any atom is 0.339 e. The molecule has 0 unspecified atom stereocenters. The number of benzene rings is 1. The van der Waals surface area contributed by atoms with Gasteiger partial charge in [0.2, 0.25) is 0 Å². The summed E-state index contributed by atoms with van der Waals surface area (Å²) in [5.41, 5.74) is 5.60. The van der Waals surface area contributed by atoms with Crippen molar-refractivity contribution in [2.45, 2.75) is 32.9 Å². The second-order valence-corrected chi connectivity index (χ2v) is 9.29. The van der Waals surface area contributed by atoms with Crippen molar-refractivity contribution < 1.29 is 9.53 Å². The molecule has 2 atom stereocenters. The molecule has 0 amide bonds. The lowest BCUT2D eigenvalue weighted by atomic mass is 10.0. The van der Waals surface area contributed by atoms with E-state index in [1.807, 2.05) is 49.4 Å². The van der Waals surface area contributed by atoms with Gasteiger partial charge < -0.3 is 15.0 Å². The molecule has 3 aromatic heterocycles. The van der Waals surface area contributed by atoms with Crippen molar-refractivity contribution in [3.05, 3.63) is 66.2 Å². The highest BCUT2D eigenvalue weighted by Gasteiger charge is 2.21. The molecule has 0 bridgehead atoms. The molecule has 35 heavy (non-hydrogen) atoms. The van der Waals surface area contributed by atoms with Crippen molar-refractivity contribution in [1.82, 2.24) is 30.2 Å². The van der Waals surface area contributed by atoms with Crippen LogP contribution in [0.2, 0.25) is 0 Å². The molecule has 5 rings (SSSR count). The van der Waals surface area contributed by atoms with Crippen molar-refractivity contribution in [3.8, 4) is 22.6 Å². The summed E-state index contributed by atoms with van der Waals surface area (Å²) in [4.78, 5) is 31.9. The summed E-state index contributed by atoms with van der Waals surface area (Å²) in [6, 6.07) is 14.5. The summed E-state index contributed by atoms with van der Waals surface area (Å²) >= 11 is 0.